The first-order valence-corrected chi connectivity index (χ1v) is 8.34. The van der Waals surface area contributed by atoms with Gasteiger partial charge in [-0.3, -0.25) is 9.59 Å². The number of likely N-dealkylation sites (tertiary alicyclic amines) is 1. The molecule has 1 saturated heterocycles. The highest BCUT2D eigenvalue weighted by Crippen LogP contribution is 2.29. The fraction of sp³-hybridized carbons (Fsp3) is 0.300. The van der Waals surface area contributed by atoms with E-state index < -0.39 is 17.9 Å². The lowest BCUT2D eigenvalue weighted by atomic mass is 9.90. The monoisotopic (exact) mass is 338 g/mol. The summed E-state index contributed by atoms with van der Waals surface area (Å²) >= 11 is 0. The molecule has 5 nitrogen and oxygen atoms in total. The lowest BCUT2D eigenvalue weighted by Gasteiger charge is -2.24. The summed E-state index contributed by atoms with van der Waals surface area (Å²) in [5.74, 6) is -1.29. The Bertz CT molecular complexity index is 694. The van der Waals surface area contributed by atoms with Gasteiger partial charge in [-0.15, -0.1) is 0 Å². The van der Waals surface area contributed by atoms with Gasteiger partial charge in [-0.1, -0.05) is 60.7 Å². The fourth-order valence-electron chi connectivity index (χ4n) is 3.36. The van der Waals surface area contributed by atoms with Crippen LogP contribution < -0.4 is 5.73 Å². The van der Waals surface area contributed by atoms with Gasteiger partial charge in [0.1, 0.15) is 0 Å². The summed E-state index contributed by atoms with van der Waals surface area (Å²) in [5.41, 5.74) is 7.92. The van der Waals surface area contributed by atoms with Crippen molar-refractivity contribution in [2.24, 2.45) is 11.7 Å². The molecule has 1 fully saturated rings. The quantitative estimate of drug-likeness (QED) is 0.863. The third-order valence-corrected chi connectivity index (χ3v) is 4.69. The number of nitrogens with zero attached hydrogens (tertiary/aromatic N) is 1. The summed E-state index contributed by atoms with van der Waals surface area (Å²) in [6.07, 6.45) is 0. The Hall–Kier alpha value is -2.66. The van der Waals surface area contributed by atoms with Gasteiger partial charge < -0.3 is 15.4 Å². The normalized spacial score (nSPS) is 19.9. The molecule has 2 N–H and O–H groups in total. The summed E-state index contributed by atoms with van der Waals surface area (Å²) in [4.78, 5) is 26.8. The average molecular weight is 338 g/mol. The molecule has 0 radical (unpaired) electrons. The van der Waals surface area contributed by atoms with Crippen LogP contribution in [0.25, 0.3) is 0 Å². The number of rotatable bonds is 4. The zero-order valence-electron chi connectivity index (χ0n) is 14.2. The smallest absolute Gasteiger partial charge is 0.312 e. The van der Waals surface area contributed by atoms with Crippen LogP contribution in [0.5, 0.6) is 0 Å². The lowest BCUT2D eigenvalue weighted by molar-refractivity contribution is -0.145. The maximum atomic E-state index is 13.3. The van der Waals surface area contributed by atoms with Crippen molar-refractivity contribution in [2.75, 3.05) is 20.2 Å². The Balaban J connectivity index is 1.90. The van der Waals surface area contributed by atoms with E-state index in [1.807, 2.05) is 60.7 Å². The number of amides is 1. The third kappa shape index (κ3) is 3.56. The Morgan fingerprint density at radius 1 is 1.00 bits per heavy atom. The van der Waals surface area contributed by atoms with E-state index in [9.17, 15) is 9.59 Å². The zero-order chi connectivity index (χ0) is 17.8. The molecular weight excluding hydrogens is 316 g/mol. The zero-order valence-corrected chi connectivity index (χ0v) is 14.2. The molecule has 0 spiro atoms. The molecule has 1 aliphatic rings. The average Bonchev–Trinajstić information content (AvgIpc) is 3.05. The van der Waals surface area contributed by atoms with E-state index in [4.69, 9.17) is 10.5 Å². The number of esters is 1. The molecular formula is C20H22N2O3. The minimum absolute atomic E-state index is 0.0424. The highest BCUT2D eigenvalue weighted by molar-refractivity contribution is 5.88. The van der Waals surface area contributed by atoms with E-state index in [0.717, 1.165) is 11.1 Å². The van der Waals surface area contributed by atoms with Crippen LogP contribution in [0.4, 0.5) is 0 Å². The number of carbonyl (C=O) groups is 2. The molecule has 1 aliphatic heterocycles. The van der Waals surface area contributed by atoms with Gasteiger partial charge in [-0.25, -0.2) is 0 Å². The topological polar surface area (TPSA) is 72.6 Å². The molecule has 0 bridgehead atoms. The van der Waals surface area contributed by atoms with Gasteiger partial charge in [-0.05, 0) is 11.1 Å². The van der Waals surface area contributed by atoms with Crippen molar-refractivity contribution < 1.29 is 14.3 Å². The van der Waals surface area contributed by atoms with E-state index in [-0.39, 0.29) is 11.9 Å². The first kappa shape index (κ1) is 17.2. The number of hydrogen-bond acceptors (Lipinski definition) is 4. The van der Waals surface area contributed by atoms with E-state index >= 15 is 0 Å². The molecule has 0 aromatic heterocycles. The largest absolute Gasteiger partial charge is 0.469 e. The van der Waals surface area contributed by atoms with E-state index in [0.29, 0.717) is 13.1 Å². The van der Waals surface area contributed by atoms with Crippen LogP contribution in [0, 0.1) is 5.92 Å². The number of nitrogens with two attached hydrogens (primary N) is 1. The van der Waals surface area contributed by atoms with E-state index in [1.54, 1.807) is 4.90 Å². The maximum absolute atomic E-state index is 13.3. The van der Waals surface area contributed by atoms with Crippen LogP contribution in [0.1, 0.15) is 17.0 Å². The molecule has 5 heteroatoms. The summed E-state index contributed by atoms with van der Waals surface area (Å²) in [6, 6.07) is 18.9. The van der Waals surface area contributed by atoms with Gasteiger partial charge in [0, 0.05) is 19.1 Å². The first-order chi connectivity index (χ1) is 12.1. The number of hydrogen-bond donors (Lipinski definition) is 1. The van der Waals surface area contributed by atoms with Gasteiger partial charge in [0.25, 0.3) is 0 Å². The van der Waals surface area contributed by atoms with Crippen molar-refractivity contribution in [3.63, 3.8) is 0 Å². The minimum atomic E-state index is -0.471. The Labute approximate surface area is 147 Å². The molecule has 1 heterocycles. The molecule has 130 valence electrons. The van der Waals surface area contributed by atoms with Gasteiger partial charge in [0.2, 0.25) is 5.91 Å². The molecule has 2 unspecified atom stereocenters. The third-order valence-electron chi connectivity index (χ3n) is 4.69. The molecule has 2 atom stereocenters. The van der Waals surface area contributed by atoms with Crippen LogP contribution in [-0.4, -0.2) is 43.0 Å². The van der Waals surface area contributed by atoms with Crippen LogP contribution in [0.2, 0.25) is 0 Å². The second kappa shape index (κ2) is 7.49. The number of carbonyl (C=O) groups excluding carboxylic acids is 2. The van der Waals surface area contributed by atoms with Crippen LogP contribution in [-0.2, 0) is 14.3 Å². The predicted molar refractivity (Wildman–Crippen MR) is 94.8 cm³/mol. The summed E-state index contributed by atoms with van der Waals surface area (Å²) in [7, 11) is 1.34. The summed E-state index contributed by atoms with van der Waals surface area (Å²) in [6.45, 7) is 0.650. The first-order valence-electron chi connectivity index (χ1n) is 8.34. The SMILES string of the molecule is COC(=O)C1CN(C(=O)C(c2ccccc2)c2ccccc2)CC1N. The molecule has 0 saturated carbocycles. The van der Waals surface area contributed by atoms with Crippen molar-refractivity contribution in [3.8, 4) is 0 Å². The van der Waals surface area contributed by atoms with Crippen molar-refractivity contribution >= 4 is 11.9 Å². The Morgan fingerprint density at radius 2 is 1.52 bits per heavy atom. The maximum Gasteiger partial charge on any atom is 0.312 e. The van der Waals surface area contributed by atoms with Crippen molar-refractivity contribution in [3.05, 3.63) is 71.8 Å². The molecule has 2 aromatic rings. The number of ether oxygens (including phenoxy) is 1. The van der Waals surface area contributed by atoms with Crippen LogP contribution in [0.3, 0.4) is 0 Å². The summed E-state index contributed by atoms with van der Waals surface area (Å²) in [5, 5.41) is 0. The van der Waals surface area contributed by atoms with Crippen LogP contribution >= 0.6 is 0 Å². The molecule has 1 amide bonds. The lowest BCUT2D eigenvalue weighted by Crippen LogP contribution is -2.36. The van der Waals surface area contributed by atoms with Gasteiger partial charge in [0.05, 0.1) is 18.9 Å². The van der Waals surface area contributed by atoms with Gasteiger partial charge in [0.15, 0.2) is 0 Å². The summed E-state index contributed by atoms with van der Waals surface area (Å²) < 4.78 is 4.81. The van der Waals surface area contributed by atoms with Crippen molar-refractivity contribution in [1.29, 1.82) is 0 Å². The Kier molecular flexibility index (Phi) is 5.14. The molecule has 25 heavy (non-hydrogen) atoms. The van der Waals surface area contributed by atoms with Crippen LogP contribution in [0.15, 0.2) is 60.7 Å². The highest BCUT2D eigenvalue weighted by Gasteiger charge is 2.40. The number of methoxy groups -OCH3 is 1. The number of benzene rings is 2. The second-order valence-corrected chi connectivity index (χ2v) is 6.29. The fourth-order valence-corrected chi connectivity index (χ4v) is 3.36. The minimum Gasteiger partial charge on any atom is -0.469 e. The van der Waals surface area contributed by atoms with E-state index in [2.05, 4.69) is 0 Å². The molecule has 0 aliphatic carbocycles. The highest BCUT2D eigenvalue weighted by atomic mass is 16.5. The van der Waals surface area contributed by atoms with E-state index in [1.165, 1.54) is 7.11 Å². The Morgan fingerprint density at radius 3 is 2.00 bits per heavy atom. The second-order valence-electron chi connectivity index (χ2n) is 6.29. The van der Waals surface area contributed by atoms with Crippen molar-refractivity contribution in [1.82, 2.24) is 4.90 Å². The van der Waals surface area contributed by atoms with Gasteiger partial charge in [-0.2, -0.15) is 0 Å². The molecule has 3 rings (SSSR count). The molecule has 2 aromatic carbocycles. The predicted octanol–water partition coefficient (Wildman–Crippen LogP) is 1.78. The van der Waals surface area contributed by atoms with Crippen molar-refractivity contribution in [2.45, 2.75) is 12.0 Å². The van der Waals surface area contributed by atoms with Gasteiger partial charge >= 0.3 is 5.97 Å². The standard InChI is InChI=1S/C20H22N2O3/c1-25-20(24)16-12-22(13-17(16)21)19(23)18(14-8-4-2-5-9-14)15-10-6-3-7-11-15/h2-11,16-18H,12-13,21H2,1H3.